The fourth-order valence-electron chi connectivity index (χ4n) is 3.76. The first-order chi connectivity index (χ1) is 12.8. The molecule has 1 aromatic carbocycles. The summed E-state index contributed by atoms with van der Waals surface area (Å²) in [7, 11) is 1.54. The van der Waals surface area contributed by atoms with Gasteiger partial charge in [0, 0.05) is 12.6 Å². The van der Waals surface area contributed by atoms with Crippen LogP contribution >= 0.6 is 0 Å². The molecule has 150 valence electrons. The molecule has 1 aromatic rings. The van der Waals surface area contributed by atoms with Crippen LogP contribution in [-0.2, 0) is 14.3 Å². The van der Waals surface area contributed by atoms with Crippen LogP contribution in [0.3, 0.4) is 0 Å². The third-order valence-electron chi connectivity index (χ3n) is 5.18. The smallest absolute Gasteiger partial charge is 0.250 e. The van der Waals surface area contributed by atoms with Gasteiger partial charge in [-0.2, -0.15) is 0 Å². The molecule has 6 nitrogen and oxygen atoms in total. The summed E-state index contributed by atoms with van der Waals surface area (Å²) < 4.78 is 11.3. The van der Waals surface area contributed by atoms with Crippen molar-refractivity contribution in [2.24, 2.45) is 17.8 Å². The van der Waals surface area contributed by atoms with Crippen LogP contribution in [0.15, 0.2) is 18.2 Å². The van der Waals surface area contributed by atoms with Gasteiger partial charge < -0.3 is 20.1 Å². The highest BCUT2D eigenvalue weighted by molar-refractivity contribution is 5.95. The maximum Gasteiger partial charge on any atom is 0.250 e. The summed E-state index contributed by atoms with van der Waals surface area (Å²) in [5.41, 5.74) is 1.11. The lowest BCUT2D eigenvalue weighted by atomic mass is 9.75. The molecule has 0 unspecified atom stereocenters. The van der Waals surface area contributed by atoms with Crippen LogP contribution in [-0.4, -0.2) is 31.6 Å². The topological polar surface area (TPSA) is 76.7 Å². The Morgan fingerprint density at radius 3 is 2.59 bits per heavy atom. The van der Waals surface area contributed by atoms with Gasteiger partial charge in [-0.1, -0.05) is 27.2 Å². The van der Waals surface area contributed by atoms with Gasteiger partial charge in [-0.25, -0.2) is 0 Å². The maximum atomic E-state index is 12.4. The highest BCUT2D eigenvalue weighted by Gasteiger charge is 2.31. The first-order valence-electron chi connectivity index (χ1n) is 9.67. The SMILES string of the molecule is COc1ccc(NC(C)=O)cc1NC(=O)CO[C@@H]1C[C@@H](C)CC[C@@H]1C(C)C. The van der Waals surface area contributed by atoms with E-state index >= 15 is 0 Å². The summed E-state index contributed by atoms with van der Waals surface area (Å²) >= 11 is 0. The lowest BCUT2D eigenvalue weighted by Gasteiger charge is -2.37. The molecule has 1 aliphatic rings. The highest BCUT2D eigenvalue weighted by atomic mass is 16.5. The predicted molar refractivity (Wildman–Crippen MR) is 107 cm³/mol. The van der Waals surface area contributed by atoms with E-state index in [1.165, 1.54) is 20.5 Å². The Balaban J connectivity index is 1.99. The zero-order chi connectivity index (χ0) is 20.0. The molecule has 2 N–H and O–H groups in total. The van der Waals surface area contributed by atoms with Crippen LogP contribution in [0.5, 0.6) is 5.75 Å². The van der Waals surface area contributed by atoms with Gasteiger partial charge in [0.25, 0.3) is 0 Å². The minimum Gasteiger partial charge on any atom is -0.495 e. The Bertz CT molecular complexity index is 660. The van der Waals surface area contributed by atoms with Gasteiger partial charge in [-0.15, -0.1) is 0 Å². The van der Waals surface area contributed by atoms with E-state index in [1.807, 2.05) is 0 Å². The fraction of sp³-hybridized carbons (Fsp3) is 0.619. The quantitative estimate of drug-likeness (QED) is 0.752. The number of hydrogen-bond donors (Lipinski definition) is 2. The standard InChI is InChI=1S/C21H32N2O4/c1-13(2)17-8-6-14(3)10-20(17)27-12-21(25)23-18-11-16(22-15(4)24)7-9-19(18)26-5/h7,9,11,13-14,17,20H,6,8,10,12H2,1-5H3,(H,22,24)(H,23,25)/t14-,17+,20+/m0/s1. The van der Waals surface area contributed by atoms with Crippen molar-refractivity contribution in [1.82, 2.24) is 0 Å². The van der Waals surface area contributed by atoms with Crippen LogP contribution in [0.1, 0.15) is 47.0 Å². The molecule has 3 atom stereocenters. The zero-order valence-electron chi connectivity index (χ0n) is 17.0. The predicted octanol–water partition coefficient (Wildman–Crippen LogP) is 4.07. The van der Waals surface area contributed by atoms with Crippen LogP contribution in [0.4, 0.5) is 11.4 Å². The molecule has 0 aliphatic heterocycles. The number of rotatable bonds is 7. The van der Waals surface area contributed by atoms with Crippen molar-refractivity contribution in [3.63, 3.8) is 0 Å². The summed E-state index contributed by atoms with van der Waals surface area (Å²) in [5.74, 6) is 1.79. The number of benzene rings is 1. The van der Waals surface area contributed by atoms with Crippen molar-refractivity contribution in [2.45, 2.75) is 53.1 Å². The van der Waals surface area contributed by atoms with Gasteiger partial charge in [0.2, 0.25) is 11.8 Å². The summed E-state index contributed by atoms with van der Waals surface area (Å²) in [6.45, 7) is 8.12. The van der Waals surface area contributed by atoms with Gasteiger partial charge in [0.05, 0.1) is 18.9 Å². The van der Waals surface area contributed by atoms with Crippen molar-refractivity contribution in [3.05, 3.63) is 18.2 Å². The third-order valence-corrected chi connectivity index (χ3v) is 5.18. The second kappa shape index (κ2) is 9.74. The van der Waals surface area contributed by atoms with E-state index in [0.29, 0.717) is 34.9 Å². The fourth-order valence-corrected chi connectivity index (χ4v) is 3.76. The Hall–Kier alpha value is -2.08. The average Bonchev–Trinajstić information content (AvgIpc) is 2.59. The maximum absolute atomic E-state index is 12.4. The Morgan fingerprint density at radius 2 is 1.96 bits per heavy atom. The van der Waals surface area contributed by atoms with Gasteiger partial charge >= 0.3 is 0 Å². The van der Waals surface area contributed by atoms with Crippen molar-refractivity contribution >= 4 is 23.2 Å². The van der Waals surface area contributed by atoms with Crippen molar-refractivity contribution in [2.75, 3.05) is 24.4 Å². The number of amides is 2. The number of carbonyl (C=O) groups excluding carboxylic acids is 2. The molecule has 2 rings (SSSR count). The molecule has 0 heterocycles. The number of hydrogen-bond acceptors (Lipinski definition) is 4. The molecule has 2 amide bonds. The summed E-state index contributed by atoms with van der Waals surface area (Å²) in [6, 6.07) is 5.11. The Kier molecular flexibility index (Phi) is 7.66. The number of methoxy groups -OCH3 is 1. The van der Waals surface area contributed by atoms with Crippen molar-refractivity contribution in [1.29, 1.82) is 0 Å². The molecule has 0 bridgehead atoms. The molecule has 0 spiro atoms. The Morgan fingerprint density at radius 1 is 1.22 bits per heavy atom. The van der Waals surface area contributed by atoms with E-state index in [-0.39, 0.29) is 24.5 Å². The van der Waals surface area contributed by atoms with E-state index in [1.54, 1.807) is 18.2 Å². The zero-order valence-corrected chi connectivity index (χ0v) is 17.0. The Labute approximate surface area is 162 Å². The molecule has 6 heteroatoms. The molecule has 1 fully saturated rings. The van der Waals surface area contributed by atoms with Crippen molar-refractivity contribution < 1.29 is 19.1 Å². The highest BCUT2D eigenvalue weighted by Crippen LogP contribution is 2.35. The van der Waals surface area contributed by atoms with Gasteiger partial charge in [0.15, 0.2) is 0 Å². The second-order valence-corrected chi connectivity index (χ2v) is 7.82. The molecule has 1 saturated carbocycles. The lowest BCUT2D eigenvalue weighted by molar-refractivity contribution is -0.126. The normalized spacial score (nSPS) is 22.4. The average molecular weight is 376 g/mol. The summed E-state index contributed by atoms with van der Waals surface area (Å²) in [4.78, 5) is 23.7. The number of carbonyl (C=O) groups is 2. The van der Waals surface area contributed by atoms with Crippen LogP contribution in [0.2, 0.25) is 0 Å². The second-order valence-electron chi connectivity index (χ2n) is 7.82. The van der Waals surface area contributed by atoms with E-state index in [9.17, 15) is 9.59 Å². The van der Waals surface area contributed by atoms with Crippen LogP contribution < -0.4 is 15.4 Å². The molecule has 0 saturated heterocycles. The molecule has 0 aromatic heterocycles. The third kappa shape index (κ3) is 6.24. The van der Waals surface area contributed by atoms with Gasteiger partial charge in [-0.05, 0) is 48.8 Å². The lowest BCUT2D eigenvalue weighted by Crippen LogP contribution is -2.36. The van der Waals surface area contributed by atoms with Crippen LogP contribution in [0, 0.1) is 17.8 Å². The first-order valence-corrected chi connectivity index (χ1v) is 9.67. The minimum atomic E-state index is -0.228. The van der Waals surface area contributed by atoms with Gasteiger partial charge in [0.1, 0.15) is 12.4 Å². The minimum absolute atomic E-state index is 0.00806. The summed E-state index contributed by atoms with van der Waals surface area (Å²) in [6.07, 6.45) is 3.49. The monoisotopic (exact) mass is 376 g/mol. The molecule has 0 radical (unpaired) electrons. The first kappa shape index (κ1) is 21.2. The largest absolute Gasteiger partial charge is 0.495 e. The molecular formula is C21H32N2O4. The summed E-state index contributed by atoms with van der Waals surface area (Å²) in [5, 5.41) is 5.53. The van der Waals surface area contributed by atoms with Crippen molar-refractivity contribution in [3.8, 4) is 5.75 Å². The number of anilines is 2. The van der Waals surface area contributed by atoms with Gasteiger partial charge in [-0.3, -0.25) is 9.59 Å². The van der Waals surface area contributed by atoms with E-state index in [2.05, 4.69) is 31.4 Å². The van der Waals surface area contributed by atoms with Crippen LogP contribution in [0.25, 0.3) is 0 Å². The number of nitrogens with one attached hydrogen (secondary N) is 2. The van der Waals surface area contributed by atoms with E-state index in [0.717, 1.165) is 12.8 Å². The van der Waals surface area contributed by atoms with E-state index < -0.39 is 0 Å². The molecular weight excluding hydrogens is 344 g/mol. The molecule has 27 heavy (non-hydrogen) atoms. The molecule has 1 aliphatic carbocycles. The number of ether oxygens (including phenoxy) is 2. The van der Waals surface area contributed by atoms with E-state index in [4.69, 9.17) is 9.47 Å².